The predicted octanol–water partition coefficient (Wildman–Crippen LogP) is 1.82. The molecule has 0 N–H and O–H groups in total. The summed E-state index contributed by atoms with van der Waals surface area (Å²) in [6.07, 6.45) is -2.95. The number of rotatable bonds is 5. The maximum absolute atomic E-state index is 13.3. The fraction of sp³-hybridized carbons (Fsp3) is 0.565. The van der Waals surface area contributed by atoms with E-state index in [1.807, 2.05) is 0 Å². The summed E-state index contributed by atoms with van der Waals surface area (Å²) in [5, 5.41) is 0.188. The van der Waals surface area contributed by atoms with Gasteiger partial charge in [0.2, 0.25) is 6.10 Å². The summed E-state index contributed by atoms with van der Waals surface area (Å²) < 4.78 is 21.3. The Kier molecular flexibility index (Phi) is 8.17. The van der Waals surface area contributed by atoms with Crippen LogP contribution in [0.2, 0.25) is 5.02 Å². The second-order valence-corrected chi connectivity index (χ2v) is 9.32. The molecule has 11 heteroatoms. The summed E-state index contributed by atoms with van der Waals surface area (Å²) in [5.41, 5.74) is -0.118. The van der Waals surface area contributed by atoms with Crippen molar-refractivity contribution in [1.29, 1.82) is 0 Å². The number of carbonyl (C=O) groups is 4. The second-order valence-electron chi connectivity index (χ2n) is 8.91. The molecule has 1 aromatic carbocycles. The van der Waals surface area contributed by atoms with Crippen molar-refractivity contribution >= 4 is 41.0 Å². The average molecular weight is 497 g/mol. The number of morpholine rings is 2. The van der Waals surface area contributed by atoms with Crippen LogP contribution in [0.15, 0.2) is 18.2 Å². The zero-order valence-electron chi connectivity index (χ0n) is 19.7. The third-order valence-electron chi connectivity index (χ3n) is 5.12. The quantitative estimate of drug-likeness (QED) is 0.567. The minimum absolute atomic E-state index is 0.0864. The number of esters is 2. The summed E-state index contributed by atoms with van der Waals surface area (Å²) in [4.78, 5) is 53.4. The van der Waals surface area contributed by atoms with E-state index in [-0.39, 0.29) is 24.1 Å². The van der Waals surface area contributed by atoms with Crippen LogP contribution in [0, 0.1) is 0 Å². The molecule has 2 aliphatic heterocycles. The normalized spacial score (nSPS) is 20.0. The highest BCUT2D eigenvalue weighted by molar-refractivity contribution is 6.34. The number of carbonyl (C=O) groups excluding carboxylic acids is 4. The van der Waals surface area contributed by atoms with Gasteiger partial charge in [0, 0.05) is 32.2 Å². The van der Waals surface area contributed by atoms with E-state index in [0.717, 1.165) is 6.92 Å². The van der Waals surface area contributed by atoms with Gasteiger partial charge in [0.1, 0.15) is 5.60 Å². The number of anilines is 1. The Labute approximate surface area is 203 Å². The largest absolute Gasteiger partial charge is 0.457 e. The van der Waals surface area contributed by atoms with Crippen LogP contribution in [0.4, 0.5) is 5.69 Å². The topological polar surface area (TPSA) is 112 Å². The van der Waals surface area contributed by atoms with Gasteiger partial charge in [0.25, 0.3) is 11.8 Å². The van der Waals surface area contributed by atoms with Gasteiger partial charge in [0.15, 0.2) is 6.10 Å². The van der Waals surface area contributed by atoms with Gasteiger partial charge >= 0.3 is 11.9 Å². The van der Waals surface area contributed by atoms with E-state index < -0.39 is 35.7 Å². The van der Waals surface area contributed by atoms with Crippen molar-refractivity contribution in [1.82, 2.24) is 4.90 Å². The van der Waals surface area contributed by atoms with Crippen LogP contribution in [0.3, 0.4) is 0 Å². The van der Waals surface area contributed by atoms with Crippen LogP contribution >= 0.6 is 11.6 Å². The van der Waals surface area contributed by atoms with E-state index in [1.165, 1.54) is 11.0 Å². The van der Waals surface area contributed by atoms with Crippen molar-refractivity contribution in [3.05, 3.63) is 28.8 Å². The Morgan fingerprint density at radius 3 is 2.38 bits per heavy atom. The van der Waals surface area contributed by atoms with Gasteiger partial charge in [-0.05, 0) is 39.0 Å². The highest BCUT2D eigenvalue weighted by Gasteiger charge is 2.44. The fourth-order valence-corrected chi connectivity index (χ4v) is 3.89. The third kappa shape index (κ3) is 6.25. The minimum Gasteiger partial charge on any atom is -0.457 e. The monoisotopic (exact) mass is 496 g/mol. The molecule has 0 bridgehead atoms. The van der Waals surface area contributed by atoms with E-state index in [2.05, 4.69) is 0 Å². The number of nitrogens with zero attached hydrogens (tertiary/aromatic N) is 2. The fourth-order valence-electron chi connectivity index (χ4n) is 3.63. The molecule has 0 radical (unpaired) electrons. The van der Waals surface area contributed by atoms with Crippen molar-refractivity contribution in [3.63, 3.8) is 0 Å². The minimum atomic E-state index is -1.57. The standard InChI is InChI=1S/C23H29ClN2O8/c1-14(27)33-19(22(30)34-23(2,3)4)18-21(29)26(9-12-32-18)15-5-6-16(17(24)13-15)20(28)25-7-10-31-11-8-25/h5-6,13,18-19H,7-12H2,1-4H3/t18-,19-/m1/s1. The van der Waals surface area contributed by atoms with Crippen molar-refractivity contribution in [2.24, 2.45) is 0 Å². The molecule has 3 rings (SSSR count). The number of amides is 2. The lowest BCUT2D eigenvalue weighted by molar-refractivity contribution is -0.188. The molecule has 2 atom stereocenters. The zero-order valence-corrected chi connectivity index (χ0v) is 20.4. The van der Waals surface area contributed by atoms with Crippen LogP contribution in [-0.2, 0) is 33.3 Å². The number of benzene rings is 1. The summed E-state index contributed by atoms with van der Waals surface area (Å²) in [7, 11) is 0. The molecule has 2 saturated heterocycles. The van der Waals surface area contributed by atoms with Crippen molar-refractivity contribution < 1.29 is 38.1 Å². The Morgan fingerprint density at radius 1 is 1.12 bits per heavy atom. The van der Waals surface area contributed by atoms with Gasteiger partial charge < -0.3 is 28.7 Å². The first-order valence-electron chi connectivity index (χ1n) is 11.0. The van der Waals surface area contributed by atoms with Crippen molar-refractivity contribution in [3.8, 4) is 0 Å². The van der Waals surface area contributed by atoms with E-state index in [4.69, 9.17) is 30.5 Å². The maximum Gasteiger partial charge on any atom is 0.351 e. The molecule has 2 fully saturated rings. The third-order valence-corrected chi connectivity index (χ3v) is 5.43. The molecule has 0 aliphatic carbocycles. The van der Waals surface area contributed by atoms with Gasteiger partial charge in [-0.15, -0.1) is 0 Å². The van der Waals surface area contributed by atoms with E-state index in [9.17, 15) is 19.2 Å². The first-order valence-corrected chi connectivity index (χ1v) is 11.4. The molecule has 1 aromatic rings. The van der Waals surface area contributed by atoms with Gasteiger partial charge in [-0.3, -0.25) is 14.4 Å². The zero-order chi connectivity index (χ0) is 25.0. The smallest absolute Gasteiger partial charge is 0.351 e. The van der Waals surface area contributed by atoms with Crippen molar-refractivity contribution in [2.75, 3.05) is 44.4 Å². The lowest BCUT2D eigenvalue weighted by Gasteiger charge is -2.35. The first-order chi connectivity index (χ1) is 16.0. The highest BCUT2D eigenvalue weighted by Crippen LogP contribution is 2.28. The SMILES string of the molecule is CC(=O)O[C@@H](C(=O)OC(C)(C)C)[C@H]1OCCN(c2ccc(C(=O)N3CCOCC3)c(Cl)c2)C1=O. The summed E-state index contributed by atoms with van der Waals surface area (Å²) >= 11 is 6.41. The molecule has 0 aromatic heterocycles. The summed E-state index contributed by atoms with van der Waals surface area (Å²) in [6, 6.07) is 4.68. The Morgan fingerprint density at radius 2 is 1.79 bits per heavy atom. The first kappa shape index (κ1) is 25.9. The molecule has 0 spiro atoms. The molecular weight excluding hydrogens is 468 g/mol. The van der Waals surface area contributed by atoms with E-state index in [0.29, 0.717) is 37.6 Å². The van der Waals surface area contributed by atoms with Crippen molar-refractivity contribution in [2.45, 2.75) is 45.5 Å². The molecule has 2 amide bonds. The molecule has 0 saturated carbocycles. The van der Waals surface area contributed by atoms with E-state index >= 15 is 0 Å². The molecule has 2 aliphatic rings. The number of ether oxygens (including phenoxy) is 4. The second kappa shape index (κ2) is 10.7. The Bertz CT molecular complexity index is 955. The molecule has 34 heavy (non-hydrogen) atoms. The molecule has 0 unspecified atom stereocenters. The van der Waals surface area contributed by atoms with Gasteiger partial charge in [-0.2, -0.15) is 0 Å². The molecular formula is C23H29ClN2O8. The van der Waals surface area contributed by atoms with Crippen LogP contribution in [-0.4, -0.2) is 85.9 Å². The van der Waals surface area contributed by atoms with Gasteiger partial charge in [0.05, 0.1) is 30.4 Å². The lowest BCUT2D eigenvalue weighted by atomic mass is 10.1. The average Bonchev–Trinajstić information content (AvgIpc) is 2.76. The summed E-state index contributed by atoms with van der Waals surface area (Å²) in [6.45, 7) is 8.26. The van der Waals surface area contributed by atoms with Crippen LogP contribution < -0.4 is 4.90 Å². The number of hydrogen-bond donors (Lipinski definition) is 0. The van der Waals surface area contributed by atoms with Gasteiger partial charge in [-0.25, -0.2) is 4.79 Å². The highest BCUT2D eigenvalue weighted by atomic mass is 35.5. The Hall–Kier alpha value is -2.69. The van der Waals surface area contributed by atoms with Crippen LogP contribution in [0.5, 0.6) is 0 Å². The number of halogens is 1. The van der Waals surface area contributed by atoms with E-state index in [1.54, 1.807) is 37.8 Å². The Balaban J connectivity index is 1.81. The molecule has 186 valence electrons. The lowest BCUT2D eigenvalue weighted by Crippen LogP contribution is -2.56. The maximum atomic E-state index is 13.3. The molecule has 10 nitrogen and oxygen atoms in total. The van der Waals surface area contributed by atoms with Crippen LogP contribution in [0.1, 0.15) is 38.1 Å². The number of hydrogen-bond acceptors (Lipinski definition) is 8. The van der Waals surface area contributed by atoms with Gasteiger partial charge in [-0.1, -0.05) is 11.6 Å². The summed E-state index contributed by atoms with van der Waals surface area (Å²) in [5.74, 6) is -2.44. The molecule has 2 heterocycles. The predicted molar refractivity (Wildman–Crippen MR) is 122 cm³/mol. The van der Waals surface area contributed by atoms with Crippen LogP contribution in [0.25, 0.3) is 0 Å².